The number of rotatable bonds is 1. The zero-order chi connectivity index (χ0) is 9.42. The maximum absolute atomic E-state index is 11.5. The average Bonchev–Trinajstić information content (AvgIpc) is 2.42. The molecule has 0 saturated carbocycles. The molecule has 0 aromatic heterocycles. The zero-order valence-electron chi connectivity index (χ0n) is 6.79. The molecule has 0 bridgehead atoms. The Hall–Kier alpha value is -1.15. The van der Waals surface area contributed by atoms with E-state index in [1.54, 1.807) is 18.2 Å². The molecule has 3 heteroatoms. The van der Waals surface area contributed by atoms with Gasteiger partial charge in [0.2, 0.25) is 0 Å². The SMILES string of the molecule is O=CC1Cc2cc(Cl)ccc2C1=O. The third-order valence-corrected chi connectivity index (χ3v) is 2.51. The van der Waals surface area contributed by atoms with Gasteiger partial charge in [0.05, 0.1) is 5.92 Å². The van der Waals surface area contributed by atoms with E-state index in [1.165, 1.54) is 0 Å². The summed E-state index contributed by atoms with van der Waals surface area (Å²) < 4.78 is 0. The topological polar surface area (TPSA) is 34.1 Å². The van der Waals surface area contributed by atoms with Crippen LogP contribution in [0.2, 0.25) is 5.02 Å². The molecule has 66 valence electrons. The van der Waals surface area contributed by atoms with Crippen molar-refractivity contribution in [2.75, 3.05) is 0 Å². The van der Waals surface area contributed by atoms with E-state index in [4.69, 9.17) is 11.6 Å². The number of benzene rings is 1. The Labute approximate surface area is 80.5 Å². The molecule has 0 N–H and O–H groups in total. The van der Waals surface area contributed by atoms with E-state index < -0.39 is 5.92 Å². The number of halogens is 1. The van der Waals surface area contributed by atoms with E-state index in [2.05, 4.69) is 0 Å². The summed E-state index contributed by atoms with van der Waals surface area (Å²) in [7, 11) is 0. The molecule has 1 aliphatic carbocycles. The van der Waals surface area contributed by atoms with Gasteiger partial charge < -0.3 is 4.79 Å². The largest absolute Gasteiger partial charge is 0.303 e. The maximum atomic E-state index is 11.5. The van der Waals surface area contributed by atoms with Gasteiger partial charge in [0, 0.05) is 10.6 Å². The van der Waals surface area contributed by atoms with Crippen LogP contribution in [0.3, 0.4) is 0 Å². The van der Waals surface area contributed by atoms with Crippen molar-refractivity contribution in [1.82, 2.24) is 0 Å². The molecule has 1 atom stereocenters. The molecule has 0 fully saturated rings. The molecule has 13 heavy (non-hydrogen) atoms. The number of carbonyl (C=O) groups excluding carboxylic acids is 2. The number of hydrogen-bond acceptors (Lipinski definition) is 2. The molecule has 0 saturated heterocycles. The van der Waals surface area contributed by atoms with Gasteiger partial charge in [0.25, 0.3) is 0 Å². The summed E-state index contributed by atoms with van der Waals surface area (Å²) in [5.74, 6) is -0.574. The van der Waals surface area contributed by atoms with Gasteiger partial charge >= 0.3 is 0 Å². The molecule has 1 aromatic carbocycles. The number of carbonyl (C=O) groups is 2. The van der Waals surface area contributed by atoms with Gasteiger partial charge in [-0.3, -0.25) is 4.79 Å². The summed E-state index contributed by atoms with van der Waals surface area (Å²) >= 11 is 5.76. The molecule has 1 aromatic rings. The monoisotopic (exact) mass is 194 g/mol. The molecule has 1 unspecified atom stereocenters. The van der Waals surface area contributed by atoms with Crippen LogP contribution < -0.4 is 0 Å². The first-order chi connectivity index (χ1) is 6.22. The first-order valence-corrected chi connectivity index (χ1v) is 4.38. The lowest BCUT2D eigenvalue weighted by Gasteiger charge is -1.95. The number of ketones is 1. The van der Waals surface area contributed by atoms with E-state index in [9.17, 15) is 9.59 Å². The fraction of sp³-hybridized carbons (Fsp3) is 0.200. The van der Waals surface area contributed by atoms with E-state index in [0.717, 1.165) is 5.56 Å². The molecule has 0 radical (unpaired) electrons. The molecular weight excluding hydrogens is 188 g/mol. The van der Waals surface area contributed by atoms with Gasteiger partial charge in [0.1, 0.15) is 6.29 Å². The second kappa shape index (κ2) is 2.96. The minimum atomic E-state index is -0.492. The smallest absolute Gasteiger partial charge is 0.173 e. The predicted molar refractivity (Wildman–Crippen MR) is 49.0 cm³/mol. The van der Waals surface area contributed by atoms with Gasteiger partial charge in [-0.1, -0.05) is 11.6 Å². The number of hydrogen-bond donors (Lipinski definition) is 0. The first-order valence-electron chi connectivity index (χ1n) is 4.00. The zero-order valence-corrected chi connectivity index (χ0v) is 7.54. The highest BCUT2D eigenvalue weighted by molar-refractivity contribution is 6.30. The van der Waals surface area contributed by atoms with Crippen molar-refractivity contribution in [1.29, 1.82) is 0 Å². The van der Waals surface area contributed by atoms with Crippen molar-refractivity contribution in [3.05, 3.63) is 34.3 Å². The van der Waals surface area contributed by atoms with Gasteiger partial charge in [-0.15, -0.1) is 0 Å². The fourth-order valence-corrected chi connectivity index (χ4v) is 1.81. The van der Waals surface area contributed by atoms with Crippen LogP contribution in [-0.4, -0.2) is 12.1 Å². The lowest BCUT2D eigenvalue weighted by molar-refractivity contribution is -0.109. The Kier molecular flexibility index (Phi) is 1.93. The molecule has 0 heterocycles. The lowest BCUT2D eigenvalue weighted by Crippen LogP contribution is -2.09. The molecule has 0 amide bonds. The van der Waals surface area contributed by atoms with Gasteiger partial charge in [-0.25, -0.2) is 0 Å². The number of Topliss-reactive ketones (excluding diaryl/α,β-unsaturated/α-hetero) is 1. The minimum Gasteiger partial charge on any atom is -0.303 e. The highest BCUT2D eigenvalue weighted by atomic mass is 35.5. The van der Waals surface area contributed by atoms with Crippen LogP contribution in [-0.2, 0) is 11.2 Å². The van der Waals surface area contributed by atoms with Gasteiger partial charge in [-0.05, 0) is 30.2 Å². The molecule has 2 nitrogen and oxygen atoms in total. The quantitative estimate of drug-likeness (QED) is 0.506. The first kappa shape index (κ1) is 8.45. The summed E-state index contributed by atoms with van der Waals surface area (Å²) in [4.78, 5) is 22.0. The van der Waals surface area contributed by atoms with E-state index >= 15 is 0 Å². The summed E-state index contributed by atoms with van der Waals surface area (Å²) in [6.45, 7) is 0. The van der Waals surface area contributed by atoms with Gasteiger partial charge in [0.15, 0.2) is 5.78 Å². The van der Waals surface area contributed by atoms with Crippen LogP contribution >= 0.6 is 11.6 Å². The molecule has 1 aliphatic rings. The fourth-order valence-electron chi connectivity index (χ4n) is 1.61. The molecule has 2 rings (SSSR count). The predicted octanol–water partition coefficient (Wildman–Crippen LogP) is 1.89. The normalized spacial score (nSPS) is 20.1. The van der Waals surface area contributed by atoms with Crippen LogP contribution in [0, 0.1) is 5.92 Å². The summed E-state index contributed by atoms with van der Waals surface area (Å²) in [6, 6.07) is 5.10. The second-order valence-corrected chi connectivity index (χ2v) is 3.55. The third kappa shape index (κ3) is 1.27. The van der Waals surface area contributed by atoms with E-state index in [1.807, 2.05) is 0 Å². The van der Waals surface area contributed by atoms with Crippen molar-refractivity contribution in [2.45, 2.75) is 6.42 Å². The Balaban J connectivity index is 2.49. The van der Waals surface area contributed by atoms with Crippen molar-refractivity contribution >= 4 is 23.7 Å². The van der Waals surface area contributed by atoms with Crippen LogP contribution in [0.4, 0.5) is 0 Å². The third-order valence-electron chi connectivity index (χ3n) is 2.27. The summed E-state index contributed by atoms with van der Waals surface area (Å²) in [5.41, 5.74) is 1.52. The maximum Gasteiger partial charge on any atom is 0.173 e. The standard InChI is InChI=1S/C10H7ClO2/c11-8-1-2-9-6(4-8)3-7(5-12)10(9)13/h1-2,4-5,7H,3H2. The highest BCUT2D eigenvalue weighted by Gasteiger charge is 2.29. The van der Waals surface area contributed by atoms with Crippen molar-refractivity contribution < 1.29 is 9.59 Å². The van der Waals surface area contributed by atoms with Crippen LogP contribution in [0.25, 0.3) is 0 Å². The Morgan fingerprint density at radius 2 is 2.23 bits per heavy atom. The van der Waals surface area contributed by atoms with Crippen LogP contribution in [0.5, 0.6) is 0 Å². The van der Waals surface area contributed by atoms with Crippen LogP contribution in [0.15, 0.2) is 18.2 Å². The molecular formula is C10H7ClO2. The Morgan fingerprint density at radius 1 is 1.46 bits per heavy atom. The minimum absolute atomic E-state index is 0.0818. The molecule has 0 spiro atoms. The Morgan fingerprint density at radius 3 is 2.92 bits per heavy atom. The summed E-state index contributed by atoms with van der Waals surface area (Å²) in [6.07, 6.45) is 1.20. The van der Waals surface area contributed by atoms with Crippen molar-refractivity contribution in [2.24, 2.45) is 5.92 Å². The van der Waals surface area contributed by atoms with E-state index in [0.29, 0.717) is 23.3 Å². The van der Waals surface area contributed by atoms with Crippen LogP contribution in [0.1, 0.15) is 15.9 Å². The average molecular weight is 195 g/mol. The van der Waals surface area contributed by atoms with Crippen molar-refractivity contribution in [3.63, 3.8) is 0 Å². The highest BCUT2D eigenvalue weighted by Crippen LogP contribution is 2.27. The Bertz CT molecular complexity index is 385. The second-order valence-electron chi connectivity index (χ2n) is 3.11. The lowest BCUT2D eigenvalue weighted by atomic mass is 10.1. The van der Waals surface area contributed by atoms with Crippen molar-refractivity contribution in [3.8, 4) is 0 Å². The molecule has 0 aliphatic heterocycles. The van der Waals surface area contributed by atoms with E-state index in [-0.39, 0.29) is 5.78 Å². The number of fused-ring (bicyclic) bond motifs is 1. The van der Waals surface area contributed by atoms with Gasteiger partial charge in [-0.2, -0.15) is 0 Å². The number of aldehydes is 1. The summed E-state index contributed by atoms with van der Waals surface area (Å²) in [5, 5.41) is 0.609.